The molecule has 2 aliphatic rings. The van der Waals surface area contributed by atoms with E-state index in [0.717, 1.165) is 91.5 Å². The Morgan fingerprint density at radius 2 is 1.17 bits per heavy atom. The fraction of sp³-hybridized carbons (Fsp3) is 0.441. The summed E-state index contributed by atoms with van der Waals surface area (Å²) in [6.45, 7) is 13.8. The first-order valence-electron chi connectivity index (χ1n) is 25.6. The van der Waals surface area contributed by atoms with Crippen LogP contribution in [-0.2, 0) is 37.7 Å². The minimum absolute atomic E-state index is 0. The number of hydrogen-bond acceptors (Lipinski definition) is 4. The van der Waals surface area contributed by atoms with Crippen LogP contribution in [0.3, 0.4) is 0 Å². The van der Waals surface area contributed by atoms with Crippen LogP contribution in [0.4, 0.5) is 8.78 Å². The second-order valence-corrected chi connectivity index (χ2v) is 18.7. The Morgan fingerprint density at radius 1 is 0.697 bits per heavy atom. The third-order valence-corrected chi connectivity index (χ3v) is 13.3. The number of pyridine rings is 2. The van der Waals surface area contributed by atoms with Gasteiger partial charge in [0.15, 0.2) is 5.78 Å². The zero-order valence-corrected chi connectivity index (χ0v) is 42.4. The largest absolute Gasteiger partial charge is 0.512 e. The Labute approximate surface area is 411 Å². The Balaban J connectivity index is 0.000000197. The van der Waals surface area contributed by atoms with E-state index in [9.17, 15) is 18.7 Å². The second-order valence-electron chi connectivity index (χ2n) is 18.7. The zero-order valence-electron chi connectivity index (χ0n) is 43.1. The SMILES string of the molecule is CCC(CC)C(=O)/C=C(\O)C(CC)CC(F)F.[2H]c1cc2cc(CC3CCCC3)ccc2c(-c2[c-]c(C)cc(C)c2)n1.[2H]c1nc(-c2[c-]c(C)cc(C)c2)c2ccc(CC3CCCC3)cc2c1[2H].[Ir]. The van der Waals surface area contributed by atoms with Gasteiger partial charge in [0.2, 0.25) is 6.43 Å². The van der Waals surface area contributed by atoms with Gasteiger partial charge in [-0.15, -0.1) is 69.8 Å². The summed E-state index contributed by atoms with van der Waals surface area (Å²) in [6, 6.07) is 30.4. The minimum atomic E-state index is -2.46. The fourth-order valence-electron chi connectivity index (χ4n) is 9.87. The quantitative estimate of drug-likeness (QED) is 0.0671. The molecule has 2 aliphatic carbocycles. The van der Waals surface area contributed by atoms with E-state index in [0.29, 0.717) is 25.4 Å². The molecule has 2 saturated carbocycles. The van der Waals surface area contributed by atoms with E-state index in [2.05, 4.69) is 104 Å². The molecule has 66 heavy (non-hydrogen) atoms. The molecule has 0 bridgehead atoms. The van der Waals surface area contributed by atoms with Crippen molar-refractivity contribution >= 4 is 27.3 Å². The molecule has 1 unspecified atom stereocenters. The number of carbonyl (C=O) groups is 1. The fourth-order valence-corrected chi connectivity index (χ4v) is 9.87. The number of aryl methyl sites for hydroxylation is 4. The van der Waals surface area contributed by atoms with Crippen molar-refractivity contribution in [3.05, 3.63) is 142 Å². The average Bonchev–Trinajstić information content (AvgIpc) is 4.01. The number of ketones is 1. The number of alkyl halides is 2. The van der Waals surface area contributed by atoms with Crippen LogP contribution >= 0.6 is 0 Å². The van der Waals surface area contributed by atoms with E-state index in [1.807, 2.05) is 26.8 Å². The molecule has 0 amide bonds. The minimum Gasteiger partial charge on any atom is -0.512 e. The number of allylic oxidation sites excluding steroid dienone is 2. The van der Waals surface area contributed by atoms with Gasteiger partial charge in [0.05, 0.1) is 9.87 Å². The van der Waals surface area contributed by atoms with Crippen LogP contribution in [-0.4, -0.2) is 27.3 Å². The van der Waals surface area contributed by atoms with Crippen LogP contribution in [0.2, 0.25) is 0 Å². The van der Waals surface area contributed by atoms with Gasteiger partial charge >= 0.3 is 0 Å². The maximum atomic E-state index is 12.2. The Kier molecular flexibility index (Phi) is 18.5. The molecule has 4 nitrogen and oxygen atoms in total. The first kappa shape index (κ1) is 47.9. The topological polar surface area (TPSA) is 63.1 Å². The van der Waals surface area contributed by atoms with Gasteiger partial charge in [0.1, 0.15) is 0 Å². The number of benzene rings is 4. The number of nitrogens with zero attached hydrogens (tertiary/aromatic N) is 2. The Hall–Kier alpha value is -4.58. The average molecular weight is 1070 g/mol. The predicted octanol–water partition coefficient (Wildman–Crippen LogP) is 16.2. The maximum absolute atomic E-state index is 12.2. The number of aliphatic hydroxyl groups is 1. The van der Waals surface area contributed by atoms with Crippen LogP contribution in [0.15, 0.2) is 97.0 Å². The molecule has 1 atom stereocenters. The summed E-state index contributed by atoms with van der Waals surface area (Å²) >= 11 is 0. The summed E-state index contributed by atoms with van der Waals surface area (Å²) < 4.78 is 49.2. The van der Waals surface area contributed by atoms with Crippen LogP contribution < -0.4 is 0 Å². The molecule has 1 radical (unpaired) electrons. The van der Waals surface area contributed by atoms with E-state index in [1.54, 1.807) is 6.92 Å². The van der Waals surface area contributed by atoms with Gasteiger partial charge in [-0.25, -0.2) is 8.78 Å². The van der Waals surface area contributed by atoms with Crippen molar-refractivity contribution in [2.45, 2.75) is 145 Å². The summed E-state index contributed by atoms with van der Waals surface area (Å²) in [5.41, 5.74) is 10.7. The molecule has 1 N–H and O–H groups in total. The van der Waals surface area contributed by atoms with Gasteiger partial charge in [-0.2, -0.15) is 0 Å². The predicted molar refractivity (Wildman–Crippen MR) is 266 cm³/mol. The van der Waals surface area contributed by atoms with Gasteiger partial charge in [-0.05, 0) is 100 Å². The number of carbonyl (C=O) groups excluding carboxylic acids is 1. The monoisotopic (exact) mass is 1070 g/mol. The van der Waals surface area contributed by atoms with Crippen LogP contribution in [0.5, 0.6) is 0 Å². The molecular weight excluding hydrogens is 999 g/mol. The van der Waals surface area contributed by atoms with Gasteiger partial charge in [0, 0.05) is 56.8 Å². The van der Waals surface area contributed by atoms with Crippen molar-refractivity contribution in [3.8, 4) is 22.5 Å². The molecule has 0 aliphatic heterocycles. The summed E-state index contributed by atoms with van der Waals surface area (Å²) in [6.07, 6.45) is 13.5. The number of aliphatic hydroxyl groups excluding tert-OH is 1. The molecule has 2 heterocycles. The van der Waals surface area contributed by atoms with Crippen molar-refractivity contribution in [1.29, 1.82) is 0 Å². The zero-order chi connectivity index (χ0) is 49.1. The van der Waals surface area contributed by atoms with E-state index in [4.69, 9.17) is 4.11 Å². The molecule has 0 saturated heterocycles. The van der Waals surface area contributed by atoms with E-state index in [1.165, 1.54) is 68.1 Å². The molecule has 0 spiro atoms. The maximum Gasteiger partial charge on any atom is 0.239 e. The molecule has 8 rings (SSSR count). The van der Waals surface area contributed by atoms with Gasteiger partial charge in [-0.3, -0.25) is 4.79 Å². The number of aromatic nitrogens is 2. The van der Waals surface area contributed by atoms with E-state index in [-0.39, 0.29) is 49.8 Å². The summed E-state index contributed by atoms with van der Waals surface area (Å²) in [4.78, 5) is 20.7. The Morgan fingerprint density at radius 3 is 1.64 bits per heavy atom. The smallest absolute Gasteiger partial charge is 0.239 e. The molecule has 6 aromatic rings. The first-order chi connectivity index (χ1) is 32.5. The van der Waals surface area contributed by atoms with Crippen LogP contribution in [0, 0.1) is 63.5 Å². The normalized spacial score (nSPS) is 15.4. The number of fused-ring (bicyclic) bond motifs is 2. The Bertz CT molecular complexity index is 2670. The molecule has 2 fully saturated rings. The molecule has 7 heteroatoms. The first-order valence-corrected chi connectivity index (χ1v) is 24.1. The van der Waals surface area contributed by atoms with E-state index >= 15 is 0 Å². The van der Waals surface area contributed by atoms with Crippen molar-refractivity contribution in [1.82, 2.24) is 9.97 Å². The molecular formula is C59H70F2IrN2O2-2. The molecule has 2 aromatic heterocycles. The third kappa shape index (κ3) is 14.7. The summed E-state index contributed by atoms with van der Waals surface area (Å²) in [7, 11) is 0. The van der Waals surface area contributed by atoms with E-state index < -0.39 is 18.8 Å². The van der Waals surface area contributed by atoms with Crippen LogP contribution in [0.1, 0.15) is 135 Å². The van der Waals surface area contributed by atoms with Gasteiger partial charge in [-0.1, -0.05) is 136 Å². The third-order valence-electron chi connectivity index (χ3n) is 13.3. The number of hydrogen-bond donors (Lipinski definition) is 1. The summed E-state index contributed by atoms with van der Waals surface area (Å²) in [5, 5.41) is 13.7. The number of halogens is 2. The molecule has 353 valence electrons. The number of rotatable bonds is 14. The van der Waals surface area contributed by atoms with Gasteiger partial charge < -0.3 is 15.1 Å². The second kappa shape index (κ2) is 25.5. The summed E-state index contributed by atoms with van der Waals surface area (Å²) in [5.74, 6) is 0.493. The van der Waals surface area contributed by atoms with Crippen molar-refractivity contribution in [2.24, 2.45) is 23.7 Å². The van der Waals surface area contributed by atoms with Crippen molar-refractivity contribution < 1.29 is 42.9 Å². The van der Waals surface area contributed by atoms with Crippen molar-refractivity contribution in [2.75, 3.05) is 0 Å². The van der Waals surface area contributed by atoms with Crippen molar-refractivity contribution in [3.63, 3.8) is 0 Å². The van der Waals surface area contributed by atoms with Crippen LogP contribution in [0.25, 0.3) is 44.1 Å². The molecule has 4 aromatic carbocycles. The standard InChI is InChI=1S/2C23H24N.C13H22F2O2.Ir/c2*1-16-11-17(2)13-21(12-16)23-22-8-7-19(14-18-5-3-4-6-18)15-20(22)9-10-24-23;1-4-9(5-2)11(16)8-12(17)10(6-3)7-13(14)15;/h2*7-12,15,18H,3-6,14H2,1-2H3;8-10,13,17H,4-7H2,1-3H3;/q2*-1;;/b;;12-8-;/i9D,10D;10D;;. The van der Waals surface area contributed by atoms with Gasteiger partial charge in [0.25, 0.3) is 0 Å².